The van der Waals surface area contributed by atoms with E-state index < -0.39 is 0 Å². The summed E-state index contributed by atoms with van der Waals surface area (Å²) in [6.45, 7) is 2.21. The van der Waals surface area contributed by atoms with Crippen LogP contribution in [0, 0.1) is 0 Å². The summed E-state index contributed by atoms with van der Waals surface area (Å²) in [5.41, 5.74) is 0. The largest absolute Gasteiger partial charge is 0.305 e. The fourth-order valence-electron chi connectivity index (χ4n) is 0.913. The van der Waals surface area contributed by atoms with Crippen molar-refractivity contribution in [1.29, 1.82) is 0 Å². The van der Waals surface area contributed by atoms with Crippen molar-refractivity contribution >= 4 is 11.6 Å². The van der Waals surface area contributed by atoms with E-state index in [1.54, 1.807) is 0 Å². The van der Waals surface area contributed by atoms with E-state index >= 15 is 0 Å². The molecule has 0 saturated carbocycles. The van der Waals surface area contributed by atoms with Gasteiger partial charge in [-0.15, -0.1) is 11.6 Å². The Kier molecular flexibility index (Phi) is 6.14. The SMILES string of the molecule is CCCCC(CCl)N(C)C. The fraction of sp³-hybridized carbons (Fsp3) is 1.00. The molecule has 10 heavy (non-hydrogen) atoms. The molecule has 1 unspecified atom stereocenters. The summed E-state index contributed by atoms with van der Waals surface area (Å²) >= 11 is 5.76. The number of nitrogens with zero attached hydrogens (tertiary/aromatic N) is 1. The maximum absolute atomic E-state index is 5.76. The van der Waals surface area contributed by atoms with Crippen LogP contribution in [0.15, 0.2) is 0 Å². The van der Waals surface area contributed by atoms with Gasteiger partial charge in [-0.1, -0.05) is 19.8 Å². The number of unbranched alkanes of at least 4 members (excludes halogenated alkanes) is 1. The Labute approximate surface area is 69.4 Å². The number of rotatable bonds is 5. The molecule has 0 saturated heterocycles. The minimum atomic E-state index is 0.571. The molecule has 0 aromatic carbocycles. The molecule has 1 atom stereocenters. The first kappa shape index (κ1) is 10.2. The molecule has 0 spiro atoms. The van der Waals surface area contributed by atoms with Gasteiger partial charge in [0.2, 0.25) is 0 Å². The molecule has 0 rings (SSSR count). The lowest BCUT2D eigenvalue weighted by molar-refractivity contribution is 0.296. The van der Waals surface area contributed by atoms with Crippen LogP contribution in [0.5, 0.6) is 0 Å². The van der Waals surface area contributed by atoms with Gasteiger partial charge in [0.05, 0.1) is 0 Å². The van der Waals surface area contributed by atoms with Gasteiger partial charge >= 0.3 is 0 Å². The van der Waals surface area contributed by atoms with E-state index in [4.69, 9.17) is 11.6 Å². The number of alkyl halides is 1. The molecular formula is C8H18ClN. The Morgan fingerprint density at radius 2 is 2.00 bits per heavy atom. The quantitative estimate of drug-likeness (QED) is 0.563. The van der Waals surface area contributed by atoms with E-state index in [-0.39, 0.29) is 0 Å². The second kappa shape index (κ2) is 5.99. The lowest BCUT2D eigenvalue weighted by Crippen LogP contribution is -2.29. The second-order valence-corrected chi connectivity index (χ2v) is 3.22. The predicted octanol–water partition coefficient (Wildman–Crippen LogP) is 2.35. The maximum atomic E-state index is 5.76. The fourth-order valence-corrected chi connectivity index (χ4v) is 1.34. The van der Waals surface area contributed by atoms with Crippen LogP contribution in [-0.2, 0) is 0 Å². The van der Waals surface area contributed by atoms with Gasteiger partial charge in [-0.3, -0.25) is 0 Å². The first-order valence-electron chi connectivity index (χ1n) is 3.94. The molecule has 0 N–H and O–H groups in total. The van der Waals surface area contributed by atoms with E-state index in [1.165, 1.54) is 19.3 Å². The summed E-state index contributed by atoms with van der Waals surface area (Å²) in [7, 11) is 4.17. The third-order valence-corrected chi connectivity index (χ3v) is 2.16. The molecule has 0 aliphatic heterocycles. The zero-order valence-electron chi connectivity index (χ0n) is 7.23. The molecule has 0 aromatic heterocycles. The smallest absolute Gasteiger partial charge is 0.0379 e. The first-order valence-corrected chi connectivity index (χ1v) is 4.48. The van der Waals surface area contributed by atoms with Crippen LogP contribution < -0.4 is 0 Å². The van der Waals surface area contributed by atoms with Crippen molar-refractivity contribution in [3.8, 4) is 0 Å². The molecule has 62 valence electrons. The molecule has 0 bridgehead atoms. The normalized spacial score (nSPS) is 14.1. The highest BCUT2D eigenvalue weighted by Gasteiger charge is 2.07. The Bertz CT molecular complexity index is 73.7. The summed E-state index contributed by atoms with van der Waals surface area (Å²) < 4.78 is 0. The molecule has 0 radical (unpaired) electrons. The molecule has 0 fully saturated rings. The number of halogens is 1. The number of hydrogen-bond donors (Lipinski definition) is 0. The van der Waals surface area contributed by atoms with Crippen molar-refractivity contribution in [1.82, 2.24) is 4.90 Å². The molecule has 0 heterocycles. The van der Waals surface area contributed by atoms with Crippen LogP contribution in [0.4, 0.5) is 0 Å². The number of hydrogen-bond acceptors (Lipinski definition) is 1. The third-order valence-electron chi connectivity index (χ3n) is 1.80. The van der Waals surface area contributed by atoms with Crippen LogP contribution in [0.3, 0.4) is 0 Å². The second-order valence-electron chi connectivity index (χ2n) is 2.91. The standard InChI is InChI=1S/C8H18ClN/c1-4-5-6-8(7-9)10(2)3/h8H,4-7H2,1-3H3. The average Bonchev–Trinajstić information content (AvgIpc) is 1.89. The summed E-state index contributed by atoms with van der Waals surface area (Å²) in [4.78, 5) is 2.20. The zero-order valence-corrected chi connectivity index (χ0v) is 7.99. The summed E-state index contributed by atoms with van der Waals surface area (Å²) in [5, 5.41) is 0. The minimum absolute atomic E-state index is 0.571. The molecule has 2 heteroatoms. The van der Waals surface area contributed by atoms with Gasteiger partial charge in [0.1, 0.15) is 0 Å². The van der Waals surface area contributed by atoms with E-state index in [2.05, 4.69) is 25.9 Å². The van der Waals surface area contributed by atoms with Crippen molar-refractivity contribution < 1.29 is 0 Å². The van der Waals surface area contributed by atoms with Gasteiger partial charge in [-0.05, 0) is 20.5 Å². The van der Waals surface area contributed by atoms with Crippen molar-refractivity contribution in [3.05, 3.63) is 0 Å². The van der Waals surface area contributed by atoms with Crippen molar-refractivity contribution in [2.24, 2.45) is 0 Å². The van der Waals surface area contributed by atoms with Crippen molar-refractivity contribution in [2.75, 3.05) is 20.0 Å². The summed E-state index contributed by atoms with van der Waals surface area (Å²) in [5.74, 6) is 0.757. The monoisotopic (exact) mass is 163 g/mol. The van der Waals surface area contributed by atoms with Crippen molar-refractivity contribution in [2.45, 2.75) is 32.2 Å². The lowest BCUT2D eigenvalue weighted by atomic mass is 10.1. The van der Waals surface area contributed by atoms with Crippen LogP contribution in [0.1, 0.15) is 26.2 Å². The van der Waals surface area contributed by atoms with E-state index in [1.807, 2.05) is 0 Å². The van der Waals surface area contributed by atoms with Crippen LogP contribution in [0.2, 0.25) is 0 Å². The highest BCUT2D eigenvalue weighted by Crippen LogP contribution is 2.06. The molecule has 0 aliphatic carbocycles. The van der Waals surface area contributed by atoms with Gasteiger partial charge in [0.15, 0.2) is 0 Å². The van der Waals surface area contributed by atoms with Gasteiger partial charge in [-0.25, -0.2) is 0 Å². The topological polar surface area (TPSA) is 3.24 Å². The average molecular weight is 164 g/mol. The Hall–Kier alpha value is 0.250. The maximum Gasteiger partial charge on any atom is 0.0379 e. The van der Waals surface area contributed by atoms with Gasteiger partial charge < -0.3 is 4.90 Å². The Morgan fingerprint density at radius 3 is 2.30 bits per heavy atom. The summed E-state index contributed by atoms with van der Waals surface area (Å²) in [6.07, 6.45) is 3.78. The third kappa shape index (κ3) is 4.13. The van der Waals surface area contributed by atoms with E-state index in [0.717, 1.165) is 5.88 Å². The highest BCUT2D eigenvalue weighted by molar-refractivity contribution is 6.18. The van der Waals surface area contributed by atoms with Gasteiger partial charge in [0.25, 0.3) is 0 Å². The Morgan fingerprint density at radius 1 is 1.40 bits per heavy atom. The molecule has 0 amide bonds. The minimum Gasteiger partial charge on any atom is -0.305 e. The van der Waals surface area contributed by atoms with Crippen LogP contribution >= 0.6 is 11.6 Å². The highest BCUT2D eigenvalue weighted by atomic mass is 35.5. The van der Waals surface area contributed by atoms with Crippen LogP contribution in [0.25, 0.3) is 0 Å². The van der Waals surface area contributed by atoms with E-state index in [9.17, 15) is 0 Å². The first-order chi connectivity index (χ1) is 4.72. The lowest BCUT2D eigenvalue weighted by Gasteiger charge is -2.21. The zero-order chi connectivity index (χ0) is 7.98. The Balaban J connectivity index is 3.40. The molecule has 1 nitrogen and oxygen atoms in total. The predicted molar refractivity (Wildman–Crippen MR) is 47.7 cm³/mol. The molecule has 0 aromatic rings. The molecular weight excluding hydrogens is 146 g/mol. The van der Waals surface area contributed by atoms with Crippen LogP contribution in [-0.4, -0.2) is 30.9 Å². The van der Waals surface area contributed by atoms with E-state index in [0.29, 0.717) is 6.04 Å². The van der Waals surface area contributed by atoms with Crippen molar-refractivity contribution in [3.63, 3.8) is 0 Å². The summed E-state index contributed by atoms with van der Waals surface area (Å²) in [6, 6.07) is 0.571. The van der Waals surface area contributed by atoms with Gasteiger partial charge in [0, 0.05) is 11.9 Å². The van der Waals surface area contributed by atoms with Gasteiger partial charge in [-0.2, -0.15) is 0 Å². The molecule has 0 aliphatic rings.